The third kappa shape index (κ3) is 5.81. The van der Waals surface area contributed by atoms with Gasteiger partial charge in [-0.3, -0.25) is 0 Å². The lowest BCUT2D eigenvalue weighted by atomic mass is 10.1. The zero-order valence-corrected chi connectivity index (χ0v) is 16.7. The lowest BCUT2D eigenvalue weighted by molar-refractivity contribution is 0.618. The maximum absolute atomic E-state index is 14.2. The molecule has 3 aromatic carbocycles. The smallest absolute Gasteiger partial charge is 0.139 e. The minimum atomic E-state index is -0.279. The van der Waals surface area contributed by atoms with Gasteiger partial charge in [-0.1, -0.05) is 49.2 Å². The summed E-state index contributed by atoms with van der Waals surface area (Å²) in [6.07, 6.45) is 3.03. The molecule has 0 spiro atoms. The third-order valence-corrected chi connectivity index (χ3v) is 4.60. The topological polar surface area (TPSA) is 0 Å². The molecule has 29 heavy (non-hydrogen) atoms. The minimum absolute atomic E-state index is 0.256. The molecular formula is C27H22F2. The zero-order chi connectivity index (χ0) is 20.6. The molecular weight excluding hydrogens is 362 g/mol. The van der Waals surface area contributed by atoms with Crippen LogP contribution in [0, 0.1) is 42.2 Å². The maximum Gasteiger partial charge on any atom is 0.139 e. The van der Waals surface area contributed by atoms with E-state index in [9.17, 15) is 8.78 Å². The average molecular weight is 384 g/mol. The van der Waals surface area contributed by atoms with Crippen LogP contribution in [-0.4, -0.2) is 0 Å². The van der Waals surface area contributed by atoms with Crippen molar-refractivity contribution in [2.24, 2.45) is 0 Å². The molecule has 2 heteroatoms. The summed E-state index contributed by atoms with van der Waals surface area (Å²) in [7, 11) is 0. The van der Waals surface area contributed by atoms with E-state index >= 15 is 0 Å². The van der Waals surface area contributed by atoms with Gasteiger partial charge in [-0.05, 0) is 79.4 Å². The molecule has 0 saturated heterocycles. The van der Waals surface area contributed by atoms with Crippen molar-refractivity contribution >= 4 is 0 Å². The second-order valence-electron chi connectivity index (χ2n) is 6.96. The van der Waals surface area contributed by atoms with Crippen LogP contribution >= 0.6 is 0 Å². The van der Waals surface area contributed by atoms with Crippen molar-refractivity contribution in [3.05, 3.63) is 106 Å². The van der Waals surface area contributed by atoms with Gasteiger partial charge in [0, 0.05) is 16.7 Å². The summed E-state index contributed by atoms with van der Waals surface area (Å²) in [5.74, 6) is 11.3. The molecule has 0 aliphatic rings. The van der Waals surface area contributed by atoms with Gasteiger partial charge in [-0.2, -0.15) is 0 Å². The van der Waals surface area contributed by atoms with E-state index in [1.807, 2.05) is 30.3 Å². The number of aryl methyl sites for hydroxylation is 2. The lowest BCUT2D eigenvalue weighted by Crippen LogP contribution is -1.90. The molecule has 0 radical (unpaired) electrons. The standard InChI is InChI=1S/C27H22F2/c1-3-4-5-23-15-17-25(27(29)19-23)16-14-22-10-8-21(9-11-22)12-13-24-7-6-20(2)26(28)18-24/h6-11,15,17-19H,3-5H2,1-2H3. The molecule has 0 fully saturated rings. The fraction of sp³-hybridized carbons (Fsp3) is 0.185. The minimum Gasteiger partial charge on any atom is -0.207 e. The van der Waals surface area contributed by atoms with Gasteiger partial charge in [-0.15, -0.1) is 0 Å². The van der Waals surface area contributed by atoms with Gasteiger partial charge in [0.1, 0.15) is 11.6 Å². The quantitative estimate of drug-likeness (QED) is 0.457. The molecule has 0 aliphatic heterocycles. The zero-order valence-electron chi connectivity index (χ0n) is 16.7. The molecule has 0 amide bonds. The predicted octanol–water partition coefficient (Wildman–Crippen LogP) is 6.42. The van der Waals surface area contributed by atoms with Crippen LogP contribution in [-0.2, 0) is 6.42 Å². The second-order valence-corrected chi connectivity index (χ2v) is 6.96. The Kier molecular flexibility index (Phi) is 6.83. The SMILES string of the molecule is CCCCc1ccc(C#Cc2ccc(C#Cc3ccc(C)c(F)c3)cc2)c(F)c1. The summed E-state index contributed by atoms with van der Waals surface area (Å²) >= 11 is 0. The summed E-state index contributed by atoms with van der Waals surface area (Å²) < 4.78 is 27.8. The van der Waals surface area contributed by atoms with Crippen molar-refractivity contribution in [3.63, 3.8) is 0 Å². The van der Waals surface area contributed by atoms with Gasteiger partial charge in [-0.25, -0.2) is 8.78 Å². The second kappa shape index (κ2) is 9.72. The van der Waals surface area contributed by atoms with Crippen molar-refractivity contribution in [3.8, 4) is 23.7 Å². The summed E-state index contributed by atoms with van der Waals surface area (Å²) in [5, 5.41) is 0. The summed E-state index contributed by atoms with van der Waals surface area (Å²) in [4.78, 5) is 0. The number of benzene rings is 3. The van der Waals surface area contributed by atoms with Crippen LogP contribution in [0.1, 0.15) is 53.1 Å². The highest BCUT2D eigenvalue weighted by atomic mass is 19.1. The Bertz CT molecular complexity index is 1120. The average Bonchev–Trinajstić information content (AvgIpc) is 2.73. The maximum atomic E-state index is 14.2. The predicted molar refractivity (Wildman–Crippen MR) is 115 cm³/mol. The highest BCUT2D eigenvalue weighted by Crippen LogP contribution is 2.13. The Hall–Kier alpha value is -3.36. The van der Waals surface area contributed by atoms with Crippen molar-refractivity contribution in [1.82, 2.24) is 0 Å². The van der Waals surface area contributed by atoms with Crippen LogP contribution in [0.15, 0.2) is 60.7 Å². The van der Waals surface area contributed by atoms with Crippen LogP contribution < -0.4 is 0 Å². The van der Waals surface area contributed by atoms with Crippen molar-refractivity contribution < 1.29 is 8.78 Å². The van der Waals surface area contributed by atoms with E-state index in [1.165, 1.54) is 6.07 Å². The first-order valence-corrected chi connectivity index (χ1v) is 9.74. The molecule has 0 bridgehead atoms. The summed E-state index contributed by atoms with van der Waals surface area (Å²) in [6.45, 7) is 3.84. The van der Waals surface area contributed by atoms with Gasteiger partial charge in [0.2, 0.25) is 0 Å². The molecule has 0 saturated carbocycles. The molecule has 0 N–H and O–H groups in total. The van der Waals surface area contributed by atoms with E-state index in [0.717, 1.165) is 36.0 Å². The Morgan fingerprint density at radius 1 is 0.690 bits per heavy atom. The van der Waals surface area contributed by atoms with Gasteiger partial charge in [0.15, 0.2) is 0 Å². The molecule has 0 aliphatic carbocycles. The van der Waals surface area contributed by atoms with E-state index < -0.39 is 0 Å². The highest BCUT2D eigenvalue weighted by Gasteiger charge is 2.01. The largest absolute Gasteiger partial charge is 0.207 e. The van der Waals surface area contributed by atoms with Gasteiger partial charge in [0.25, 0.3) is 0 Å². The number of hydrogen-bond acceptors (Lipinski definition) is 0. The Morgan fingerprint density at radius 2 is 1.31 bits per heavy atom. The molecule has 3 aromatic rings. The van der Waals surface area contributed by atoms with E-state index in [2.05, 4.69) is 30.6 Å². The van der Waals surface area contributed by atoms with Gasteiger partial charge in [0.05, 0.1) is 5.56 Å². The van der Waals surface area contributed by atoms with Crippen LogP contribution in [0.3, 0.4) is 0 Å². The van der Waals surface area contributed by atoms with Crippen LogP contribution in [0.5, 0.6) is 0 Å². The highest BCUT2D eigenvalue weighted by molar-refractivity contribution is 5.48. The third-order valence-electron chi connectivity index (χ3n) is 4.60. The van der Waals surface area contributed by atoms with Crippen molar-refractivity contribution in [2.75, 3.05) is 0 Å². The Labute approximate surface area is 171 Å². The van der Waals surface area contributed by atoms with E-state index in [-0.39, 0.29) is 11.6 Å². The molecule has 0 aromatic heterocycles. The molecule has 144 valence electrons. The molecule has 0 nitrogen and oxygen atoms in total. The van der Waals surface area contributed by atoms with Crippen molar-refractivity contribution in [1.29, 1.82) is 0 Å². The van der Waals surface area contributed by atoms with Gasteiger partial charge >= 0.3 is 0 Å². The van der Waals surface area contributed by atoms with Gasteiger partial charge < -0.3 is 0 Å². The Morgan fingerprint density at radius 3 is 1.93 bits per heavy atom. The fourth-order valence-corrected chi connectivity index (χ4v) is 2.79. The van der Waals surface area contributed by atoms with E-state index in [0.29, 0.717) is 16.7 Å². The monoisotopic (exact) mass is 384 g/mol. The van der Waals surface area contributed by atoms with E-state index in [4.69, 9.17) is 0 Å². The van der Waals surface area contributed by atoms with E-state index in [1.54, 1.807) is 31.2 Å². The Balaban J connectivity index is 1.70. The first-order chi connectivity index (χ1) is 14.0. The summed E-state index contributed by atoms with van der Waals surface area (Å²) in [5.41, 5.74) is 4.23. The van der Waals surface area contributed by atoms with Crippen LogP contribution in [0.2, 0.25) is 0 Å². The lowest BCUT2D eigenvalue weighted by Gasteiger charge is -2.01. The van der Waals surface area contributed by atoms with Crippen molar-refractivity contribution in [2.45, 2.75) is 33.1 Å². The number of rotatable bonds is 3. The molecule has 0 atom stereocenters. The number of hydrogen-bond donors (Lipinski definition) is 0. The first kappa shape index (κ1) is 20.4. The number of unbranched alkanes of at least 4 members (excludes halogenated alkanes) is 1. The normalized spacial score (nSPS) is 9.93. The molecule has 3 rings (SSSR count). The molecule has 0 heterocycles. The van der Waals surface area contributed by atoms with Crippen LogP contribution in [0.25, 0.3) is 0 Å². The first-order valence-electron chi connectivity index (χ1n) is 9.74. The number of halogens is 2. The van der Waals surface area contributed by atoms with Crippen LogP contribution in [0.4, 0.5) is 8.78 Å². The summed E-state index contributed by atoms with van der Waals surface area (Å²) in [6, 6.07) is 17.6. The fourth-order valence-electron chi connectivity index (χ4n) is 2.79. The molecule has 0 unspecified atom stereocenters.